The molecule has 140 valence electrons. The molecule has 2 atom stereocenters. The molecule has 0 radical (unpaired) electrons. The fourth-order valence-electron chi connectivity index (χ4n) is 4.26. The lowest BCUT2D eigenvalue weighted by molar-refractivity contribution is -0.139. The summed E-state index contributed by atoms with van der Waals surface area (Å²) in [6.45, 7) is 6.96. The van der Waals surface area contributed by atoms with E-state index in [1.165, 1.54) is 5.56 Å². The first-order valence-electron chi connectivity index (χ1n) is 9.64. The maximum absolute atomic E-state index is 13.0. The second-order valence-corrected chi connectivity index (χ2v) is 8.08. The van der Waals surface area contributed by atoms with Gasteiger partial charge in [-0.15, -0.1) is 0 Å². The number of aromatic nitrogens is 1. The number of rotatable bonds is 2. The monoisotopic (exact) mass is 356 g/mol. The standard InChI is InChI=1S/C20H28N4O2/c1-14-6-7-17-16(13-14)22-19(26-17)24-11-9-23(10-12-24)18(25)15-5-3-4-8-20(15,2)21/h6-7,13,15H,3-5,8-12,21H2,1-2H3. The van der Waals surface area contributed by atoms with Crippen LogP contribution >= 0.6 is 0 Å². The Morgan fingerprint density at radius 3 is 2.77 bits per heavy atom. The zero-order chi connectivity index (χ0) is 18.3. The van der Waals surface area contributed by atoms with Crippen LogP contribution in [0, 0.1) is 12.8 Å². The predicted octanol–water partition coefficient (Wildman–Crippen LogP) is 2.69. The second kappa shape index (κ2) is 6.58. The minimum Gasteiger partial charge on any atom is -0.423 e. The summed E-state index contributed by atoms with van der Waals surface area (Å²) in [6.07, 6.45) is 4.08. The summed E-state index contributed by atoms with van der Waals surface area (Å²) in [6, 6.07) is 6.68. The fourth-order valence-corrected chi connectivity index (χ4v) is 4.26. The van der Waals surface area contributed by atoms with Crippen LogP contribution in [0.3, 0.4) is 0 Å². The molecular formula is C20H28N4O2. The van der Waals surface area contributed by atoms with Crippen LogP contribution < -0.4 is 10.6 Å². The summed E-state index contributed by atoms with van der Waals surface area (Å²) in [5.74, 6) is 0.178. The summed E-state index contributed by atoms with van der Waals surface area (Å²) in [5.41, 5.74) is 8.92. The minimum atomic E-state index is -0.370. The minimum absolute atomic E-state index is 0.0462. The van der Waals surface area contributed by atoms with Crippen molar-refractivity contribution in [3.63, 3.8) is 0 Å². The molecule has 1 amide bonds. The third-order valence-corrected chi connectivity index (χ3v) is 5.95. The van der Waals surface area contributed by atoms with Gasteiger partial charge in [-0.25, -0.2) is 0 Å². The average Bonchev–Trinajstić information content (AvgIpc) is 3.04. The molecule has 2 aromatic rings. The summed E-state index contributed by atoms with van der Waals surface area (Å²) in [7, 11) is 0. The Balaban J connectivity index is 1.42. The molecule has 2 N–H and O–H groups in total. The van der Waals surface area contributed by atoms with Crippen molar-refractivity contribution in [1.29, 1.82) is 0 Å². The largest absolute Gasteiger partial charge is 0.423 e. The van der Waals surface area contributed by atoms with Crippen molar-refractivity contribution in [2.75, 3.05) is 31.1 Å². The summed E-state index contributed by atoms with van der Waals surface area (Å²) < 4.78 is 5.90. The van der Waals surface area contributed by atoms with Gasteiger partial charge in [0.05, 0.1) is 5.92 Å². The highest BCUT2D eigenvalue weighted by atomic mass is 16.4. The number of carbonyl (C=O) groups excluding carboxylic acids is 1. The topological polar surface area (TPSA) is 75.6 Å². The van der Waals surface area contributed by atoms with Crippen molar-refractivity contribution in [3.05, 3.63) is 23.8 Å². The number of nitrogens with zero attached hydrogens (tertiary/aromatic N) is 3. The molecule has 2 unspecified atom stereocenters. The third kappa shape index (κ3) is 3.18. The molecule has 2 heterocycles. The lowest BCUT2D eigenvalue weighted by Gasteiger charge is -2.42. The van der Waals surface area contributed by atoms with Gasteiger partial charge in [-0.2, -0.15) is 4.98 Å². The van der Waals surface area contributed by atoms with E-state index in [2.05, 4.69) is 16.8 Å². The molecule has 4 rings (SSSR count). The number of anilines is 1. The number of hydrogen-bond acceptors (Lipinski definition) is 5. The molecule has 1 saturated carbocycles. The van der Waals surface area contributed by atoms with Crippen molar-refractivity contribution in [2.45, 2.75) is 45.1 Å². The molecule has 1 aromatic heterocycles. The van der Waals surface area contributed by atoms with Crippen molar-refractivity contribution in [2.24, 2.45) is 11.7 Å². The average molecular weight is 356 g/mol. The van der Waals surface area contributed by atoms with Gasteiger partial charge in [0.2, 0.25) is 5.91 Å². The molecule has 26 heavy (non-hydrogen) atoms. The van der Waals surface area contributed by atoms with Gasteiger partial charge in [0.15, 0.2) is 5.58 Å². The first kappa shape index (κ1) is 17.3. The third-order valence-electron chi connectivity index (χ3n) is 5.95. The predicted molar refractivity (Wildman–Crippen MR) is 102 cm³/mol. The van der Waals surface area contributed by atoms with Crippen LogP contribution in [0.25, 0.3) is 11.1 Å². The van der Waals surface area contributed by atoms with E-state index in [0.29, 0.717) is 19.1 Å². The number of hydrogen-bond donors (Lipinski definition) is 1. The number of carbonyl (C=O) groups is 1. The molecule has 0 spiro atoms. The van der Waals surface area contributed by atoms with E-state index in [4.69, 9.17) is 10.2 Å². The molecule has 1 aliphatic carbocycles. The fraction of sp³-hybridized carbons (Fsp3) is 0.600. The lowest BCUT2D eigenvalue weighted by atomic mass is 9.74. The number of piperazine rings is 1. The lowest BCUT2D eigenvalue weighted by Crippen LogP contribution is -2.57. The van der Waals surface area contributed by atoms with E-state index in [9.17, 15) is 4.79 Å². The van der Waals surface area contributed by atoms with E-state index in [1.807, 2.05) is 30.0 Å². The maximum Gasteiger partial charge on any atom is 0.298 e. The number of fused-ring (bicyclic) bond motifs is 1. The number of oxazole rings is 1. The highest BCUT2D eigenvalue weighted by Gasteiger charge is 2.40. The van der Waals surface area contributed by atoms with Gasteiger partial charge >= 0.3 is 0 Å². The zero-order valence-electron chi connectivity index (χ0n) is 15.7. The van der Waals surface area contributed by atoms with Crippen molar-refractivity contribution < 1.29 is 9.21 Å². The summed E-state index contributed by atoms with van der Waals surface area (Å²) in [4.78, 5) is 21.7. The summed E-state index contributed by atoms with van der Waals surface area (Å²) >= 11 is 0. The van der Waals surface area contributed by atoms with Crippen molar-refractivity contribution >= 4 is 23.0 Å². The van der Waals surface area contributed by atoms with Crippen LogP contribution in [0.2, 0.25) is 0 Å². The van der Waals surface area contributed by atoms with E-state index in [1.54, 1.807) is 0 Å². The Kier molecular flexibility index (Phi) is 4.39. The van der Waals surface area contributed by atoms with E-state index in [0.717, 1.165) is 49.9 Å². The van der Waals surface area contributed by atoms with Gasteiger partial charge in [-0.05, 0) is 44.4 Å². The SMILES string of the molecule is Cc1ccc2oc(N3CCN(C(=O)C4CCCCC4(C)N)CC3)nc2c1. The smallest absolute Gasteiger partial charge is 0.298 e. The van der Waals surface area contributed by atoms with E-state index >= 15 is 0 Å². The van der Waals surface area contributed by atoms with Crippen LogP contribution in [0.1, 0.15) is 38.2 Å². The van der Waals surface area contributed by atoms with Crippen LogP contribution in [-0.4, -0.2) is 47.5 Å². The Morgan fingerprint density at radius 1 is 1.27 bits per heavy atom. The number of benzene rings is 1. The van der Waals surface area contributed by atoms with Crippen molar-refractivity contribution in [3.8, 4) is 0 Å². The van der Waals surface area contributed by atoms with E-state index < -0.39 is 0 Å². The van der Waals surface area contributed by atoms with Gasteiger partial charge < -0.3 is 20.0 Å². The number of amides is 1. The highest BCUT2D eigenvalue weighted by Crippen LogP contribution is 2.33. The molecule has 0 bridgehead atoms. The Hall–Kier alpha value is -2.08. The van der Waals surface area contributed by atoms with Crippen LogP contribution in [0.4, 0.5) is 6.01 Å². The molecule has 1 aliphatic heterocycles. The molecular weight excluding hydrogens is 328 g/mol. The van der Waals surface area contributed by atoms with Crippen LogP contribution in [0.15, 0.2) is 22.6 Å². The normalized spacial score (nSPS) is 27.1. The van der Waals surface area contributed by atoms with Crippen LogP contribution in [0.5, 0.6) is 0 Å². The van der Waals surface area contributed by atoms with Gasteiger partial charge in [0.1, 0.15) is 5.52 Å². The zero-order valence-corrected chi connectivity index (χ0v) is 15.7. The molecule has 1 saturated heterocycles. The molecule has 2 aliphatic rings. The highest BCUT2D eigenvalue weighted by molar-refractivity contribution is 5.81. The Bertz CT molecular complexity index is 805. The molecule has 2 fully saturated rings. The Labute approximate surface area is 154 Å². The van der Waals surface area contributed by atoms with Gasteiger partial charge in [-0.1, -0.05) is 18.9 Å². The molecule has 6 heteroatoms. The first-order valence-corrected chi connectivity index (χ1v) is 9.64. The van der Waals surface area contributed by atoms with Gasteiger partial charge in [-0.3, -0.25) is 4.79 Å². The van der Waals surface area contributed by atoms with Crippen molar-refractivity contribution in [1.82, 2.24) is 9.88 Å². The Morgan fingerprint density at radius 2 is 2.04 bits per heavy atom. The quantitative estimate of drug-likeness (QED) is 0.895. The number of nitrogens with two attached hydrogens (primary N) is 1. The second-order valence-electron chi connectivity index (χ2n) is 8.08. The number of aryl methyl sites for hydroxylation is 1. The molecule has 1 aromatic carbocycles. The summed E-state index contributed by atoms with van der Waals surface area (Å²) in [5, 5.41) is 0. The van der Waals surface area contributed by atoms with Gasteiger partial charge in [0, 0.05) is 31.7 Å². The molecule has 6 nitrogen and oxygen atoms in total. The van der Waals surface area contributed by atoms with E-state index in [-0.39, 0.29) is 17.4 Å². The van der Waals surface area contributed by atoms with Gasteiger partial charge in [0.25, 0.3) is 6.01 Å². The van der Waals surface area contributed by atoms with Crippen LogP contribution in [-0.2, 0) is 4.79 Å². The maximum atomic E-state index is 13.0. The first-order chi connectivity index (χ1) is 12.4.